The molecule has 0 radical (unpaired) electrons. The standard InChI is InChI=1S/C13H8F3NOS/c14-8-5-10(15)12(16)11(6-8)17-13(18)7-2-1-3-9(19)4-7/h1-6,19H,(H,17,18). The lowest BCUT2D eigenvalue weighted by molar-refractivity contribution is 0.102. The number of nitrogens with one attached hydrogen (secondary N) is 1. The minimum absolute atomic E-state index is 0.205. The molecule has 0 atom stereocenters. The zero-order valence-electron chi connectivity index (χ0n) is 9.45. The highest BCUT2D eigenvalue weighted by Crippen LogP contribution is 2.20. The van der Waals surface area contributed by atoms with Crippen molar-refractivity contribution in [1.82, 2.24) is 0 Å². The van der Waals surface area contributed by atoms with Crippen molar-refractivity contribution in [3.05, 3.63) is 59.4 Å². The van der Waals surface area contributed by atoms with Gasteiger partial charge < -0.3 is 5.32 Å². The van der Waals surface area contributed by atoms with Crippen LogP contribution in [0.4, 0.5) is 18.9 Å². The molecule has 0 saturated heterocycles. The van der Waals surface area contributed by atoms with Gasteiger partial charge >= 0.3 is 0 Å². The minimum atomic E-state index is -1.36. The van der Waals surface area contributed by atoms with E-state index in [0.29, 0.717) is 17.0 Å². The van der Waals surface area contributed by atoms with Gasteiger partial charge in [-0.25, -0.2) is 13.2 Å². The van der Waals surface area contributed by atoms with Crippen LogP contribution in [-0.4, -0.2) is 5.91 Å². The molecule has 0 unspecified atom stereocenters. The predicted molar refractivity (Wildman–Crippen MR) is 68.0 cm³/mol. The molecule has 1 N–H and O–H groups in total. The Balaban J connectivity index is 2.29. The van der Waals surface area contributed by atoms with E-state index in [1.54, 1.807) is 12.1 Å². The van der Waals surface area contributed by atoms with Crippen LogP contribution in [0, 0.1) is 17.5 Å². The van der Waals surface area contributed by atoms with Gasteiger partial charge in [-0.1, -0.05) is 6.07 Å². The van der Waals surface area contributed by atoms with Crippen LogP contribution in [0.1, 0.15) is 10.4 Å². The Morgan fingerprint density at radius 2 is 1.84 bits per heavy atom. The highest BCUT2D eigenvalue weighted by atomic mass is 32.1. The minimum Gasteiger partial charge on any atom is -0.319 e. The van der Waals surface area contributed by atoms with Gasteiger partial charge in [0.15, 0.2) is 11.6 Å². The first kappa shape index (κ1) is 13.5. The van der Waals surface area contributed by atoms with E-state index in [4.69, 9.17) is 0 Å². The molecule has 1 amide bonds. The maximum Gasteiger partial charge on any atom is 0.255 e. The van der Waals surface area contributed by atoms with Gasteiger partial charge in [-0.15, -0.1) is 12.6 Å². The topological polar surface area (TPSA) is 29.1 Å². The number of hydrogen-bond donors (Lipinski definition) is 2. The van der Waals surface area contributed by atoms with E-state index in [1.165, 1.54) is 12.1 Å². The number of rotatable bonds is 2. The molecule has 0 aliphatic carbocycles. The third-order valence-corrected chi connectivity index (χ3v) is 2.63. The van der Waals surface area contributed by atoms with Crippen LogP contribution in [-0.2, 0) is 0 Å². The van der Waals surface area contributed by atoms with Gasteiger partial charge in [0.1, 0.15) is 5.82 Å². The second-order valence-corrected chi connectivity index (χ2v) is 4.27. The van der Waals surface area contributed by atoms with E-state index >= 15 is 0 Å². The lowest BCUT2D eigenvalue weighted by Crippen LogP contribution is -2.13. The smallest absolute Gasteiger partial charge is 0.255 e. The van der Waals surface area contributed by atoms with E-state index in [9.17, 15) is 18.0 Å². The Hall–Kier alpha value is -1.95. The summed E-state index contributed by atoms with van der Waals surface area (Å²) in [5.41, 5.74) is -0.344. The third kappa shape index (κ3) is 3.08. The summed E-state index contributed by atoms with van der Waals surface area (Å²) in [7, 11) is 0. The molecule has 2 aromatic carbocycles. The van der Waals surface area contributed by atoms with E-state index in [-0.39, 0.29) is 5.56 Å². The lowest BCUT2D eigenvalue weighted by atomic mass is 10.2. The molecular weight excluding hydrogens is 275 g/mol. The first-order valence-electron chi connectivity index (χ1n) is 5.22. The number of thiol groups is 1. The Morgan fingerprint density at radius 1 is 1.11 bits per heavy atom. The highest BCUT2D eigenvalue weighted by molar-refractivity contribution is 7.80. The summed E-state index contributed by atoms with van der Waals surface area (Å²) in [6.45, 7) is 0. The summed E-state index contributed by atoms with van der Waals surface area (Å²) in [6, 6.07) is 7.27. The van der Waals surface area contributed by atoms with Crippen molar-refractivity contribution in [2.45, 2.75) is 4.90 Å². The van der Waals surface area contributed by atoms with E-state index in [2.05, 4.69) is 17.9 Å². The number of amides is 1. The van der Waals surface area contributed by atoms with Gasteiger partial charge in [0.05, 0.1) is 5.69 Å². The van der Waals surface area contributed by atoms with Crippen LogP contribution in [0.2, 0.25) is 0 Å². The van der Waals surface area contributed by atoms with Crippen LogP contribution >= 0.6 is 12.6 Å². The number of carbonyl (C=O) groups excluding carboxylic acids is 1. The SMILES string of the molecule is O=C(Nc1cc(F)cc(F)c1F)c1cccc(S)c1. The van der Waals surface area contributed by atoms with Gasteiger partial charge in [-0.2, -0.15) is 0 Å². The third-order valence-electron chi connectivity index (χ3n) is 2.35. The van der Waals surface area contributed by atoms with Gasteiger partial charge in [-0.3, -0.25) is 4.79 Å². The number of hydrogen-bond acceptors (Lipinski definition) is 2. The summed E-state index contributed by atoms with van der Waals surface area (Å²) < 4.78 is 39.3. The first-order valence-corrected chi connectivity index (χ1v) is 5.67. The summed E-state index contributed by atoms with van der Waals surface area (Å²) in [6.07, 6.45) is 0. The largest absolute Gasteiger partial charge is 0.319 e. The van der Waals surface area contributed by atoms with Crippen LogP contribution in [0.15, 0.2) is 41.3 Å². The second-order valence-electron chi connectivity index (χ2n) is 3.75. The second kappa shape index (κ2) is 5.36. The Bertz CT molecular complexity index is 646. The van der Waals surface area contributed by atoms with Crippen LogP contribution < -0.4 is 5.32 Å². The Labute approximate surface area is 112 Å². The van der Waals surface area contributed by atoms with Crippen molar-refractivity contribution in [2.24, 2.45) is 0 Å². The number of halogens is 3. The molecule has 0 aromatic heterocycles. The van der Waals surface area contributed by atoms with Crippen LogP contribution in [0.5, 0.6) is 0 Å². The van der Waals surface area contributed by atoms with Crippen molar-refractivity contribution in [3.8, 4) is 0 Å². The maximum atomic E-state index is 13.4. The van der Waals surface area contributed by atoms with Gasteiger partial charge in [0.2, 0.25) is 0 Å². The molecule has 19 heavy (non-hydrogen) atoms. The zero-order valence-corrected chi connectivity index (χ0v) is 10.3. The molecule has 0 fully saturated rings. The summed E-state index contributed by atoms with van der Waals surface area (Å²) in [5.74, 6) is -4.33. The highest BCUT2D eigenvalue weighted by Gasteiger charge is 2.14. The zero-order chi connectivity index (χ0) is 14.0. The van der Waals surface area contributed by atoms with Gasteiger partial charge in [0, 0.05) is 22.6 Å². The van der Waals surface area contributed by atoms with Crippen LogP contribution in [0.3, 0.4) is 0 Å². The molecule has 6 heteroatoms. The predicted octanol–water partition coefficient (Wildman–Crippen LogP) is 3.64. The van der Waals surface area contributed by atoms with Crippen molar-refractivity contribution < 1.29 is 18.0 Å². The number of benzene rings is 2. The summed E-state index contributed by atoms with van der Waals surface area (Å²) >= 11 is 4.05. The fourth-order valence-electron chi connectivity index (χ4n) is 1.49. The molecular formula is C13H8F3NOS. The van der Waals surface area contributed by atoms with E-state index in [0.717, 1.165) is 0 Å². The Morgan fingerprint density at radius 3 is 2.53 bits per heavy atom. The van der Waals surface area contributed by atoms with Crippen molar-refractivity contribution in [2.75, 3.05) is 5.32 Å². The Kier molecular flexibility index (Phi) is 3.80. The van der Waals surface area contributed by atoms with Crippen molar-refractivity contribution in [1.29, 1.82) is 0 Å². The quantitative estimate of drug-likeness (QED) is 0.639. The maximum absolute atomic E-state index is 13.4. The molecule has 0 heterocycles. The molecule has 98 valence electrons. The van der Waals surface area contributed by atoms with Gasteiger partial charge in [0.25, 0.3) is 5.91 Å². The fraction of sp³-hybridized carbons (Fsp3) is 0. The number of anilines is 1. The molecule has 2 aromatic rings. The molecule has 0 bridgehead atoms. The molecule has 0 spiro atoms. The van der Waals surface area contributed by atoms with Crippen molar-refractivity contribution >= 4 is 24.2 Å². The summed E-state index contributed by atoms with van der Waals surface area (Å²) in [4.78, 5) is 12.3. The average Bonchev–Trinajstić information content (AvgIpc) is 2.35. The van der Waals surface area contributed by atoms with Crippen LogP contribution in [0.25, 0.3) is 0 Å². The molecule has 0 aliphatic heterocycles. The molecule has 2 nitrogen and oxygen atoms in total. The normalized spacial score (nSPS) is 10.3. The summed E-state index contributed by atoms with van der Waals surface area (Å²) in [5, 5.41) is 2.11. The molecule has 0 aliphatic rings. The van der Waals surface area contributed by atoms with E-state index < -0.39 is 29.0 Å². The fourth-order valence-corrected chi connectivity index (χ4v) is 1.71. The molecule has 2 rings (SSSR count). The van der Waals surface area contributed by atoms with E-state index in [1.807, 2.05) is 0 Å². The monoisotopic (exact) mass is 283 g/mol. The van der Waals surface area contributed by atoms with Crippen molar-refractivity contribution in [3.63, 3.8) is 0 Å². The molecule has 0 saturated carbocycles. The lowest BCUT2D eigenvalue weighted by Gasteiger charge is -2.07. The first-order chi connectivity index (χ1) is 8.97. The average molecular weight is 283 g/mol. The number of carbonyl (C=O) groups is 1. The van der Waals surface area contributed by atoms with Gasteiger partial charge in [-0.05, 0) is 18.2 Å².